The Kier molecular flexibility index (Phi) is 6.13. The van der Waals surface area contributed by atoms with Crippen LogP contribution in [0, 0.1) is 0 Å². The number of halogens is 3. The second kappa shape index (κ2) is 9.41. The molecule has 1 saturated heterocycles. The molecule has 0 radical (unpaired) electrons. The van der Waals surface area contributed by atoms with Crippen molar-refractivity contribution < 1.29 is 22.8 Å². The second-order valence-electron chi connectivity index (χ2n) is 8.47. The zero-order valence-corrected chi connectivity index (χ0v) is 19.1. The van der Waals surface area contributed by atoms with E-state index in [1.165, 1.54) is 12.1 Å². The molecule has 3 heterocycles. The number of hydrogen-bond acceptors (Lipinski definition) is 4. The lowest BCUT2D eigenvalue weighted by Crippen LogP contribution is -2.50. The zero-order valence-electron chi connectivity index (χ0n) is 19.1. The lowest BCUT2D eigenvalue weighted by atomic mass is 10.0. The predicted molar refractivity (Wildman–Crippen MR) is 128 cm³/mol. The third-order valence-corrected chi connectivity index (χ3v) is 6.22. The van der Waals surface area contributed by atoms with Crippen LogP contribution in [0.5, 0.6) is 0 Å². The van der Waals surface area contributed by atoms with Gasteiger partial charge < -0.3 is 9.80 Å². The zero-order chi connectivity index (χ0) is 25.3. The van der Waals surface area contributed by atoms with Crippen molar-refractivity contribution in [3.05, 3.63) is 95.8 Å². The molecule has 4 aromatic rings. The first-order valence-corrected chi connectivity index (χ1v) is 11.4. The Morgan fingerprint density at radius 2 is 1.47 bits per heavy atom. The number of piperazine rings is 1. The quantitative estimate of drug-likeness (QED) is 0.409. The predicted octanol–water partition coefficient (Wildman–Crippen LogP) is 4.91. The van der Waals surface area contributed by atoms with E-state index in [1.54, 1.807) is 34.3 Å². The maximum atomic E-state index is 13.5. The maximum absolute atomic E-state index is 13.5. The van der Waals surface area contributed by atoms with Crippen molar-refractivity contribution in [3.8, 4) is 11.3 Å². The van der Waals surface area contributed by atoms with Gasteiger partial charge in [0.15, 0.2) is 0 Å². The van der Waals surface area contributed by atoms with Gasteiger partial charge >= 0.3 is 6.18 Å². The van der Waals surface area contributed by atoms with Crippen LogP contribution < -0.4 is 0 Å². The fourth-order valence-corrected chi connectivity index (χ4v) is 4.28. The second-order valence-corrected chi connectivity index (χ2v) is 8.47. The van der Waals surface area contributed by atoms with Crippen LogP contribution >= 0.6 is 0 Å². The molecular weight excluding hydrogens is 469 g/mol. The lowest BCUT2D eigenvalue weighted by molar-refractivity contribution is -0.137. The molecule has 2 aromatic heterocycles. The summed E-state index contributed by atoms with van der Waals surface area (Å²) in [4.78, 5) is 38.4. The molecule has 0 N–H and O–H groups in total. The molecule has 9 heteroatoms. The SMILES string of the molecule is O=C(c1ccc(C(F)(F)F)cc1)N1CCN(C(=O)c2cc(-c3cccnc3)nc3ccccc23)CC1. The van der Waals surface area contributed by atoms with Crippen molar-refractivity contribution in [2.75, 3.05) is 26.2 Å². The number of fused-ring (bicyclic) bond motifs is 1. The molecule has 0 bridgehead atoms. The molecular formula is C27H21F3N4O2. The van der Waals surface area contributed by atoms with Gasteiger partial charge in [0.05, 0.1) is 22.3 Å². The van der Waals surface area contributed by atoms with E-state index in [2.05, 4.69) is 9.97 Å². The van der Waals surface area contributed by atoms with E-state index in [4.69, 9.17) is 0 Å². The normalized spacial score (nSPS) is 14.2. The third kappa shape index (κ3) is 4.64. The number of benzene rings is 2. The van der Waals surface area contributed by atoms with Gasteiger partial charge in [-0.25, -0.2) is 4.98 Å². The van der Waals surface area contributed by atoms with Gasteiger partial charge in [-0.15, -0.1) is 0 Å². The van der Waals surface area contributed by atoms with Crippen LogP contribution in [-0.4, -0.2) is 57.8 Å². The Bertz CT molecular complexity index is 1410. The highest BCUT2D eigenvalue weighted by atomic mass is 19.4. The van der Waals surface area contributed by atoms with Gasteiger partial charge in [0.2, 0.25) is 0 Å². The highest BCUT2D eigenvalue weighted by Crippen LogP contribution is 2.29. The standard InChI is InChI=1S/C27H21F3N4O2/c28-27(29,30)20-9-7-18(8-10-20)25(35)33-12-14-34(15-13-33)26(36)22-16-24(19-4-3-11-31-17-19)32-23-6-2-1-5-21(22)23/h1-11,16-17H,12-15H2. The molecule has 0 unspecified atom stereocenters. The summed E-state index contributed by atoms with van der Waals surface area (Å²) in [7, 11) is 0. The van der Waals surface area contributed by atoms with Gasteiger partial charge in [-0.3, -0.25) is 14.6 Å². The molecule has 1 fully saturated rings. The summed E-state index contributed by atoms with van der Waals surface area (Å²) in [6.45, 7) is 1.18. The number of carbonyl (C=O) groups is 2. The Morgan fingerprint density at radius 3 is 2.11 bits per heavy atom. The largest absolute Gasteiger partial charge is 0.416 e. The average molecular weight is 490 g/mol. The maximum Gasteiger partial charge on any atom is 0.416 e. The molecule has 36 heavy (non-hydrogen) atoms. The summed E-state index contributed by atoms with van der Waals surface area (Å²) < 4.78 is 38.4. The van der Waals surface area contributed by atoms with Crippen molar-refractivity contribution in [3.63, 3.8) is 0 Å². The van der Waals surface area contributed by atoms with E-state index < -0.39 is 11.7 Å². The van der Waals surface area contributed by atoms with Gasteiger partial charge in [-0.2, -0.15) is 13.2 Å². The number of pyridine rings is 2. The van der Waals surface area contributed by atoms with Crippen LogP contribution in [0.1, 0.15) is 26.3 Å². The first-order chi connectivity index (χ1) is 17.3. The highest BCUT2D eigenvalue weighted by Gasteiger charge is 2.31. The molecule has 1 aliphatic rings. The summed E-state index contributed by atoms with van der Waals surface area (Å²) in [5.74, 6) is -0.524. The molecule has 2 amide bonds. The van der Waals surface area contributed by atoms with Crippen LogP contribution in [0.15, 0.2) is 79.1 Å². The number of aromatic nitrogens is 2. The van der Waals surface area contributed by atoms with Gasteiger partial charge in [0.1, 0.15) is 0 Å². The van der Waals surface area contributed by atoms with Crippen LogP contribution in [-0.2, 0) is 6.18 Å². The number of nitrogens with zero attached hydrogens (tertiary/aromatic N) is 4. The van der Waals surface area contributed by atoms with E-state index in [1.807, 2.05) is 30.3 Å². The fourth-order valence-electron chi connectivity index (χ4n) is 4.28. The van der Waals surface area contributed by atoms with Crippen LogP contribution in [0.2, 0.25) is 0 Å². The van der Waals surface area contributed by atoms with E-state index in [-0.39, 0.29) is 30.5 Å². The summed E-state index contributed by atoms with van der Waals surface area (Å²) in [6.07, 6.45) is -1.10. The van der Waals surface area contributed by atoms with Gasteiger partial charge in [0, 0.05) is 55.1 Å². The summed E-state index contributed by atoms with van der Waals surface area (Å²) in [5, 5.41) is 0.735. The van der Waals surface area contributed by atoms with E-state index >= 15 is 0 Å². The average Bonchev–Trinajstić information content (AvgIpc) is 2.92. The highest BCUT2D eigenvalue weighted by molar-refractivity contribution is 6.07. The van der Waals surface area contributed by atoms with Crippen molar-refractivity contribution >= 4 is 22.7 Å². The molecule has 1 aliphatic heterocycles. The first kappa shape index (κ1) is 23.5. The lowest BCUT2D eigenvalue weighted by Gasteiger charge is -2.35. The fraction of sp³-hybridized carbons (Fsp3) is 0.185. The van der Waals surface area contributed by atoms with E-state index in [0.717, 1.165) is 23.1 Å². The number of para-hydroxylation sites is 1. The Labute approximate surface area is 205 Å². The number of amides is 2. The molecule has 0 aliphatic carbocycles. The number of alkyl halides is 3. The van der Waals surface area contributed by atoms with Gasteiger partial charge in [-0.05, 0) is 48.5 Å². The topological polar surface area (TPSA) is 66.4 Å². The molecule has 0 saturated carbocycles. The Balaban J connectivity index is 1.34. The number of hydrogen-bond donors (Lipinski definition) is 0. The van der Waals surface area contributed by atoms with Crippen molar-refractivity contribution in [1.29, 1.82) is 0 Å². The monoisotopic (exact) mass is 490 g/mol. The van der Waals surface area contributed by atoms with Crippen LogP contribution in [0.3, 0.4) is 0 Å². The smallest absolute Gasteiger partial charge is 0.335 e. The minimum Gasteiger partial charge on any atom is -0.335 e. The van der Waals surface area contributed by atoms with Crippen molar-refractivity contribution in [2.45, 2.75) is 6.18 Å². The molecule has 6 nitrogen and oxygen atoms in total. The van der Waals surface area contributed by atoms with Crippen molar-refractivity contribution in [1.82, 2.24) is 19.8 Å². The summed E-state index contributed by atoms with van der Waals surface area (Å²) in [6, 6.07) is 17.1. The molecule has 2 aromatic carbocycles. The molecule has 0 atom stereocenters. The molecule has 182 valence electrons. The van der Waals surface area contributed by atoms with Gasteiger partial charge in [-0.1, -0.05) is 18.2 Å². The number of rotatable bonds is 3. The van der Waals surface area contributed by atoms with Crippen LogP contribution in [0.25, 0.3) is 22.2 Å². The molecule has 0 spiro atoms. The Hall–Kier alpha value is -4.27. The number of carbonyl (C=O) groups excluding carboxylic acids is 2. The molecule has 5 rings (SSSR count). The van der Waals surface area contributed by atoms with E-state index in [0.29, 0.717) is 29.9 Å². The van der Waals surface area contributed by atoms with Gasteiger partial charge in [0.25, 0.3) is 11.8 Å². The Morgan fingerprint density at radius 1 is 0.806 bits per heavy atom. The van der Waals surface area contributed by atoms with Crippen LogP contribution in [0.4, 0.5) is 13.2 Å². The van der Waals surface area contributed by atoms with E-state index in [9.17, 15) is 22.8 Å². The third-order valence-electron chi connectivity index (χ3n) is 6.22. The summed E-state index contributed by atoms with van der Waals surface area (Å²) >= 11 is 0. The summed E-state index contributed by atoms with van der Waals surface area (Å²) in [5.41, 5.74) is 2.03. The van der Waals surface area contributed by atoms with Crippen molar-refractivity contribution in [2.24, 2.45) is 0 Å². The minimum atomic E-state index is -4.46. The first-order valence-electron chi connectivity index (χ1n) is 11.4. The minimum absolute atomic E-state index is 0.166.